The number of carboxylic acid groups (broad SMARTS) is 1. The highest BCUT2D eigenvalue weighted by Crippen LogP contribution is 2.02. The Morgan fingerprint density at radius 3 is 2.23 bits per heavy atom. The van der Waals surface area contributed by atoms with Crippen LogP contribution in [0.2, 0.25) is 0 Å². The molecule has 0 fully saturated rings. The van der Waals surface area contributed by atoms with E-state index in [0.29, 0.717) is 5.57 Å². The summed E-state index contributed by atoms with van der Waals surface area (Å²) in [6, 6.07) is 0. The Kier molecular flexibility index (Phi) is 12.6. The summed E-state index contributed by atoms with van der Waals surface area (Å²) in [6.07, 6.45) is 6.15. The average Bonchev–Trinajstić information content (AvgIpc) is 2.15. The van der Waals surface area contributed by atoms with Gasteiger partial charge in [0.05, 0.1) is 0 Å². The van der Waals surface area contributed by atoms with E-state index < -0.39 is 5.97 Å². The molecule has 2 N–H and O–H groups in total. The van der Waals surface area contributed by atoms with Gasteiger partial charge in [-0.05, 0) is 19.8 Å². The summed E-state index contributed by atoms with van der Waals surface area (Å²) in [5.74, 6) is -0.804. The number of aliphatic carboxylic acids is 1. The smallest absolute Gasteiger partial charge is 0.330 e. The van der Waals surface area contributed by atoms with E-state index in [0.717, 1.165) is 20.0 Å². The minimum atomic E-state index is -0.804. The third kappa shape index (κ3) is 11.2. The molecule has 0 heterocycles. The van der Waals surface area contributed by atoms with Crippen LogP contribution in [0.4, 0.5) is 0 Å². The fourth-order valence-corrected chi connectivity index (χ4v) is 0.800. The van der Waals surface area contributed by atoms with E-state index in [1.165, 1.54) is 12.8 Å². The molecule has 0 bridgehead atoms. The molecule has 0 aliphatic carbocycles. The van der Waals surface area contributed by atoms with Gasteiger partial charge >= 0.3 is 5.97 Å². The quantitative estimate of drug-likeness (QED) is 0.513. The van der Waals surface area contributed by atoms with E-state index >= 15 is 0 Å². The predicted molar refractivity (Wildman–Crippen MR) is 53.7 cm³/mol. The third-order valence-corrected chi connectivity index (χ3v) is 1.60. The number of carbonyl (C=O) groups is 1. The number of hydrogen-bond acceptors (Lipinski definition) is 2. The van der Waals surface area contributed by atoms with Crippen molar-refractivity contribution in [3.63, 3.8) is 0 Å². The molecule has 0 aromatic rings. The molecular formula is C10H20O3. The Morgan fingerprint density at radius 2 is 1.85 bits per heavy atom. The number of rotatable bonds is 5. The Morgan fingerprint density at radius 1 is 1.31 bits per heavy atom. The molecular weight excluding hydrogens is 168 g/mol. The highest BCUT2D eigenvalue weighted by molar-refractivity contribution is 5.85. The van der Waals surface area contributed by atoms with Crippen molar-refractivity contribution in [3.8, 4) is 0 Å². The summed E-state index contributed by atoms with van der Waals surface area (Å²) in [4.78, 5) is 10.3. The Bertz CT molecular complexity index is 150. The number of unbranched alkanes of at least 4 members (excludes halogenated alkanes) is 3. The molecule has 0 saturated carbocycles. The second kappa shape index (κ2) is 11.2. The van der Waals surface area contributed by atoms with Crippen LogP contribution in [0, 0.1) is 0 Å². The van der Waals surface area contributed by atoms with Gasteiger partial charge in [0.2, 0.25) is 0 Å². The van der Waals surface area contributed by atoms with E-state index in [2.05, 4.69) is 6.92 Å². The lowest BCUT2D eigenvalue weighted by Crippen LogP contribution is -1.95. The van der Waals surface area contributed by atoms with Crippen LogP contribution in [-0.4, -0.2) is 23.3 Å². The molecule has 0 aromatic heterocycles. The van der Waals surface area contributed by atoms with Gasteiger partial charge in [-0.25, -0.2) is 4.79 Å². The van der Waals surface area contributed by atoms with Crippen LogP contribution in [0.25, 0.3) is 0 Å². The molecule has 0 aromatic carbocycles. The zero-order chi connectivity index (χ0) is 10.7. The molecule has 0 saturated heterocycles. The van der Waals surface area contributed by atoms with Gasteiger partial charge in [0, 0.05) is 12.7 Å². The van der Waals surface area contributed by atoms with Gasteiger partial charge in [0.25, 0.3) is 0 Å². The normalized spacial score (nSPS) is 10.3. The Labute approximate surface area is 80.1 Å². The van der Waals surface area contributed by atoms with Gasteiger partial charge in [0.1, 0.15) is 0 Å². The second-order valence-corrected chi connectivity index (χ2v) is 2.69. The largest absolute Gasteiger partial charge is 0.478 e. The third-order valence-electron chi connectivity index (χ3n) is 1.60. The van der Waals surface area contributed by atoms with Gasteiger partial charge in [-0.1, -0.05) is 25.8 Å². The van der Waals surface area contributed by atoms with Crippen molar-refractivity contribution in [2.45, 2.75) is 39.5 Å². The number of aliphatic hydroxyl groups is 1. The molecule has 0 aliphatic rings. The maximum absolute atomic E-state index is 10.3. The number of aliphatic hydroxyl groups excluding tert-OH is 1. The Hall–Kier alpha value is -0.830. The standard InChI is InChI=1S/C9H16O2.CH4O/c1-3-4-5-6-7-8(2)9(10)11;1-2/h7H,3-6H2,1-2H3,(H,10,11);2H,1H3/b8-7+;. The van der Waals surface area contributed by atoms with E-state index in [9.17, 15) is 4.79 Å². The average molecular weight is 188 g/mol. The molecule has 0 radical (unpaired) electrons. The highest BCUT2D eigenvalue weighted by Gasteiger charge is 1.96. The monoisotopic (exact) mass is 188 g/mol. The van der Waals surface area contributed by atoms with Crippen LogP contribution in [-0.2, 0) is 4.79 Å². The van der Waals surface area contributed by atoms with Crippen molar-refractivity contribution >= 4 is 5.97 Å². The molecule has 0 aliphatic heterocycles. The summed E-state index contributed by atoms with van der Waals surface area (Å²) < 4.78 is 0. The molecule has 0 rings (SSSR count). The van der Waals surface area contributed by atoms with Crippen LogP contribution in [0.1, 0.15) is 39.5 Å². The van der Waals surface area contributed by atoms with E-state index in [1.807, 2.05) is 0 Å². The molecule has 0 unspecified atom stereocenters. The molecule has 78 valence electrons. The first-order valence-corrected chi connectivity index (χ1v) is 4.53. The maximum Gasteiger partial charge on any atom is 0.330 e. The van der Waals surface area contributed by atoms with Gasteiger partial charge in [-0.15, -0.1) is 0 Å². The van der Waals surface area contributed by atoms with E-state index in [1.54, 1.807) is 13.0 Å². The van der Waals surface area contributed by atoms with Crippen LogP contribution in [0.3, 0.4) is 0 Å². The maximum atomic E-state index is 10.3. The van der Waals surface area contributed by atoms with Crippen molar-refractivity contribution in [1.29, 1.82) is 0 Å². The molecule has 0 amide bonds. The number of carboxylic acids is 1. The lowest BCUT2D eigenvalue weighted by atomic mass is 10.1. The zero-order valence-corrected chi connectivity index (χ0v) is 8.71. The van der Waals surface area contributed by atoms with Crippen molar-refractivity contribution in [2.24, 2.45) is 0 Å². The predicted octanol–water partition coefficient (Wildman–Crippen LogP) is 2.21. The summed E-state index contributed by atoms with van der Waals surface area (Å²) in [5, 5.41) is 15.5. The molecule has 3 heteroatoms. The van der Waals surface area contributed by atoms with Crippen LogP contribution in [0.5, 0.6) is 0 Å². The summed E-state index contributed by atoms with van der Waals surface area (Å²) in [6.45, 7) is 3.77. The van der Waals surface area contributed by atoms with E-state index in [-0.39, 0.29) is 0 Å². The second-order valence-electron chi connectivity index (χ2n) is 2.69. The van der Waals surface area contributed by atoms with Crippen LogP contribution < -0.4 is 0 Å². The SMILES string of the molecule is CCCCC/C=C(\C)C(=O)O.CO. The molecule has 0 atom stereocenters. The van der Waals surface area contributed by atoms with Crippen molar-refractivity contribution in [1.82, 2.24) is 0 Å². The van der Waals surface area contributed by atoms with Crippen molar-refractivity contribution < 1.29 is 15.0 Å². The lowest BCUT2D eigenvalue weighted by Gasteiger charge is -1.93. The summed E-state index contributed by atoms with van der Waals surface area (Å²) in [5.41, 5.74) is 0.459. The minimum absolute atomic E-state index is 0.459. The first kappa shape index (κ1) is 14.7. The summed E-state index contributed by atoms with van der Waals surface area (Å²) in [7, 11) is 1.00. The Balaban J connectivity index is 0. The fraction of sp³-hybridized carbons (Fsp3) is 0.700. The minimum Gasteiger partial charge on any atom is -0.478 e. The van der Waals surface area contributed by atoms with Crippen LogP contribution in [0.15, 0.2) is 11.6 Å². The number of hydrogen-bond donors (Lipinski definition) is 2. The molecule has 13 heavy (non-hydrogen) atoms. The first-order chi connectivity index (χ1) is 6.18. The topological polar surface area (TPSA) is 57.5 Å². The van der Waals surface area contributed by atoms with Gasteiger partial charge in [0.15, 0.2) is 0 Å². The van der Waals surface area contributed by atoms with Gasteiger partial charge in [-0.2, -0.15) is 0 Å². The van der Waals surface area contributed by atoms with Gasteiger partial charge in [-0.3, -0.25) is 0 Å². The van der Waals surface area contributed by atoms with Gasteiger partial charge < -0.3 is 10.2 Å². The van der Waals surface area contributed by atoms with Crippen molar-refractivity contribution in [2.75, 3.05) is 7.11 Å². The zero-order valence-electron chi connectivity index (χ0n) is 8.71. The van der Waals surface area contributed by atoms with Crippen molar-refractivity contribution in [3.05, 3.63) is 11.6 Å². The summed E-state index contributed by atoms with van der Waals surface area (Å²) >= 11 is 0. The molecule has 0 spiro atoms. The first-order valence-electron chi connectivity index (χ1n) is 4.53. The van der Waals surface area contributed by atoms with E-state index in [4.69, 9.17) is 10.2 Å². The fourth-order valence-electron chi connectivity index (χ4n) is 0.800. The number of allylic oxidation sites excluding steroid dienone is 1. The van der Waals surface area contributed by atoms with Crippen LogP contribution >= 0.6 is 0 Å². The molecule has 3 nitrogen and oxygen atoms in total. The highest BCUT2D eigenvalue weighted by atomic mass is 16.4. The lowest BCUT2D eigenvalue weighted by molar-refractivity contribution is -0.132.